The highest BCUT2D eigenvalue weighted by Gasteiger charge is 2.19. The molecule has 0 aliphatic rings. The average Bonchev–Trinajstić information content (AvgIpc) is 4.05. The van der Waals surface area contributed by atoms with Crippen LogP contribution in [0.4, 0.5) is 13.2 Å². The number of aromatic nitrogens is 9. The second-order valence-corrected chi connectivity index (χ2v) is 13.9. The minimum absolute atomic E-state index is 0. The molecule has 0 spiro atoms. The lowest BCUT2D eigenvalue weighted by Gasteiger charge is -2.19. The number of amides is 3. The standard InChI is InChI=1S/C17H21FN4O4.2C11H12FN5O2.4ClH/c1-17(2,3)25-14(23)8-4-7-13-21-15(22-26-13)16(24)20-10-12-11(18)6-5-9-19-12;2*12-7-2-1-5-14-8(7)6-15-11(18)10-16-9(3-4-13)19-17-10;;;;/h5-6,9H,4,7-8,10H2,1-3H3,(H,20,24);2*1-2,5H,3-4,6,13H2,(H,15,18);4*1H. The monoisotopic (exact) mass is 1040 g/mol. The molecule has 6 heterocycles. The summed E-state index contributed by atoms with van der Waals surface area (Å²) >= 11 is 0. The molecule has 22 nitrogen and oxygen atoms in total. The molecule has 29 heteroatoms. The van der Waals surface area contributed by atoms with Crippen LogP contribution in [0, 0.1) is 17.5 Å². The van der Waals surface area contributed by atoms with Crippen molar-refractivity contribution in [3.63, 3.8) is 0 Å². The van der Waals surface area contributed by atoms with Crippen molar-refractivity contribution in [3.05, 3.63) is 125 Å². The maximum atomic E-state index is 13.5. The first kappa shape index (κ1) is 61.6. The van der Waals surface area contributed by atoms with Crippen molar-refractivity contribution in [2.45, 2.75) is 78.1 Å². The highest BCUT2D eigenvalue weighted by atomic mass is 35.5. The Labute approximate surface area is 411 Å². The van der Waals surface area contributed by atoms with Gasteiger partial charge in [-0.1, -0.05) is 15.5 Å². The summed E-state index contributed by atoms with van der Waals surface area (Å²) in [7, 11) is 0. The van der Waals surface area contributed by atoms with Gasteiger partial charge in [0.15, 0.2) is 0 Å². The van der Waals surface area contributed by atoms with Gasteiger partial charge in [0.2, 0.25) is 17.7 Å². The fourth-order valence-electron chi connectivity index (χ4n) is 4.74. The Morgan fingerprint density at radius 3 is 1.19 bits per heavy atom. The van der Waals surface area contributed by atoms with E-state index in [9.17, 15) is 32.3 Å². The first-order chi connectivity index (χ1) is 30.6. The van der Waals surface area contributed by atoms with Crippen LogP contribution in [-0.2, 0) is 48.4 Å². The summed E-state index contributed by atoms with van der Waals surface area (Å²) in [4.78, 5) is 70.0. The molecule has 0 saturated carbocycles. The second kappa shape index (κ2) is 31.6. The summed E-state index contributed by atoms with van der Waals surface area (Å²) in [5.41, 5.74) is 10.5. The number of carbonyl (C=O) groups excluding carboxylic acids is 4. The minimum Gasteiger partial charge on any atom is -0.460 e. The Bertz CT molecular complexity index is 2360. The Morgan fingerprint density at radius 1 is 0.574 bits per heavy atom. The zero-order valence-electron chi connectivity index (χ0n) is 36.5. The zero-order valence-corrected chi connectivity index (χ0v) is 39.7. The third-order valence-corrected chi connectivity index (χ3v) is 7.67. The molecule has 6 rings (SSSR count). The summed E-state index contributed by atoms with van der Waals surface area (Å²) in [6.45, 7) is 5.90. The number of nitrogens with one attached hydrogen (secondary N) is 3. The molecule has 0 aliphatic carbocycles. The molecule has 7 N–H and O–H groups in total. The maximum absolute atomic E-state index is 13.5. The summed E-state index contributed by atoms with van der Waals surface area (Å²) in [5, 5.41) is 18.0. The number of hydrogen-bond donors (Lipinski definition) is 5. The molecule has 0 saturated heterocycles. The maximum Gasteiger partial charge on any atom is 0.306 e. The lowest BCUT2D eigenvalue weighted by molar-refractivity contribution is -0.154. The van der Waals surface area contributed by atoms with Crippen LogP contribution in [0.2, 0.25) is 0 Å². The van der Waals surface area contributed by atoms with Crippen molar-refractivity contribution in [2.75, 3.05) is 13.1 Å². The van der Waals surface area contributed by atoms with Gasteiger partial charge in [-0.3, -0.25) is 34.1 Å². The Balaban J connectivity index is 0.000000978. The lowest BCUT2D eigenvalue weighted by atomic mass is 10.2. The van der Waals surface area contributed by atoms with Crippen LogP contribution in [0.25, 0.3) is 0 Å². The third-order valence-electron chi connectivity index (χ3n) is 7.67. The highest BCUT2D eigenvalue weighted by Crippen LogP contribution is 2.11. The molecule has 6 aromatic rings. The van der Waals surface area contributed by atoms with Crippen LogP contribution in [0.3, 0.4) is 0 Å². The first-order valence-electron chi connectivity index (χ1n) is 19.4. The first-order valence-corrected chi connectivity index (χ1v) is 19.4. The van der Waals surface area contributed by atoms with E-state index >= 15 is 0 Å². The molecule has 372 valence electrons. The Kier molecular flexibility index (Phi) is 28.6. The van der Waals surface area contributed by atoms with Crippen LogP contribution in [-0.4, -0.2) is 87.8 Å². The van der Waals surface area contributed by atoms with E-state index < -0.39 is 40.8 Å². The Morgan fingerprint density at radius 2 is 0.897 bits per heavy atom. The SMILES string of the molecule is CC(C)(C)OC(=O)CCCc1nc(C(=O)NCc2ncccc2F)no1.Cl.Cl.Cl.Cl.NCCc1nc(C(=O)NCc2ncccc2F)no1.NCCc1nc(C(=O)NCc2ncccc2F)no1. The molecule has 0 radical (unpaired) electrons. The molecule has 0 aromatic carbocycles. The van der Waals surface area contributed by atoms with Crippen molar-refractivity contribution < 1.29 is 50.7 Å². The van der Waals surface area contributed by atoms with Crippen LogP contribution in [0.1, 0.15) is 100 Å². The normalized spacial score (nSPS) is 10.1. The van der Waals surface area contributed by atoms with E-state index in [4.69, 9.17) is 29.8 Å². The molecule has 0 aliphatic heterocycles. The summed E-state index contributed by atoms with van der Waals surface area (Å²) in [6.07, 6.45) is 6.12. The number of nitrogens with two attached hydrogens (primary N) is 2. The van der Waals surface area contributed by atoms with Gasteiger partial charge in [-0.15, -0.1) is 49.6 Å². The second-order valence-electron chi connectivity index (χ2n) is 13.9. The zero-order chi connectivity index (χ0) is 46.5. The van der Waals surface area contributed by atoms with Crippen LogP contribution in [0.15, 0.2) is 68.6 Å². The van der Waals surface area contributed by atoms with Gasteiger partial charge in [0.1, 0.15) is 23.1 Å². The summed E-state index contributed by atoms with van der Waals surface area (Å²) < 4.78 is 59.8. The number of carbonyl (C=O) groups is 4. The molecule has 0 atom stereocenters. The molecule has 3 amide bonds. The fraction of sp³-hybridized carbons (Fsp3) is 0.359. The van der Waals surface area contributed by atoms with E-state index in [0.717, 1.165) is 0 Å². The summed E-state index contributed by atoms with van der Waals surface area (Å²) in [5.74, 6) is -3.08. The van der Waals surface area contributed by atoms with Gasteiger partial charge in [0.25, 0.3) is 35.2 Å². The molecular formula is C39H49Cl4F3N14O8. The smallest absolute Gasteiger partial charge is 0.306 e. The number of rotatable bonds is 17. The van der Waals surface area contributed by atoms with E-state index in [-0.39, 0.29) is 134 Å². The van der Waals surface area contributed by atoms with Gasteiger partial charge in [-0.05, 0) is 63.6 Å². The van der Waals surface area contributed by atoms with E-state index in [2.05, 4.69) is 61.3 Å². The topological polar surface area (TPSA) is 321 Å². The molecule has 0 unspecified atom stereocenters. The molecule has 0 bridgehead atoms. The lowest BCUT2D eigenvalue weighted by Crippen LogP contribution is -2.25. The van der Waals surface area contributed by atoms with Crippen LogP contribution in [0.5, 0.6) is 0 Å². The molecule has 6 aromatic heterocycles. The number of halogens is 7. The number of aryl methyl sites for hydroxylation is 1. The van der Waals surface area contributed by atoms with Gasteiger partial charge in [0.05, 0.1) is 36.7 Å². The quantitative estimate of drug-likeness (QED) is 0.0807. The number of pyridine rings is 3. The predicted octanol–water partition coefficient (Wildman–Crippen LogP) is 3.96. The third kappa shape index (κ3) is 21.5. The van der Waals surface area contributed by atoms with Crippen LogP contribution >= 0.6 is 49.6 Å². The van der Waals surface area contributed by atoms with Crippen molar-refractivity contribution in [2.24, 2.45) is 11.5 Å². The number of ether oxygens (including phenoxy) is 1. The molecule has 0 fully saturated rings. The van der Waals surface area contributed by atoms with Crippen LogP contribution < -0.4 is 27.4 Å². The molecular weight excluding hydrogens is 991 g/mol. The van der Waals surface area contributed by atoms with Gasteiger partial charge < -0.3 is 45.7 Å². The highest BCUT2D eigenvalue weighted by molar-refractivity contribution is 5.91. The number of esters is 1. The predicted molar refractivity (Wildman–Crippen MR) is 242 cm³/mol. The van der Waals surface area contributed by atoms with Crippen molar-refractivity contribution >= 4 is 73.3 Å². The molecule has 68 heavy (non-hydrogen) atoms. The van der Waals surface area contributed by atoms with E-state index in [0.29, 0.717) is 38.8 Å². The van der Waals surface area contributed by atoms with Gasteiger partial charge >= 0.3 is 5.97 Å². The number of nitrogens with zero attached hydrogens (tertiary/aromatic N) is 9. The van der Waals surface area contributed by atoms with E-state index in [1.165, 1.54) is 55.0 Å². The largest absolute Gasteiger partial charge is 0.460 e. The van der Waals surface area contributed by atoms with Crippen molar-refractivity contribution in [1.29, 1.82) is 0 Å². The van der Waals surface area contributed by atoms with Gasteiger partial charge in [-0.2, -0.15) is 15.0 Å². The fourth-order valence-corrected chi connectivity index (χ4v) is 4.74. The van der Waals surface area contributed by atoms with E-state index in [1.54, 1.807) is 20.8 Å². The van der Waals surface area contributed by atoms with Gasteiger partial charge in [0, 0.05) is 57.4 Å². The van der Waals surface area contributed by atoms with Crippen molar-refractivity contribution in [1.82, 2.24) is 61.3 Å². The Hall–Kier alpha value is -6.38. The summed E-state index contributed by atoms with van der Waals surface area (Å²) in [6, 6.07) is 8.19. The average molecular weight is 1040 g/mol. The van der Waals surface area contributed by atoms with E-state index in [1.807, 2.05) is 0 Å². The number of hydrogen-bond acceptors (Lipinski definition) is 19. The van der Waals surface area contributed by atoms with Gasteiger partial charge in [-0.25, -0.2) is 13.2 Å². The van der Waals surface area contributed by atoms with Crippen molar-refractivity contribution in [3.8, 4) is 0 Å². The minimum atomic E-state index is -0.600.